The molecular weight excluding hydrogens is 158 g/mol. The number of hydrogen-bond donors (Lipinski definition) is 0. The van der Waals surface area contributed by atoms with Crippen LogP contribution in [0, 0.1) is 0 Å². The predicted octanol–water partition coefficient (Wildman–Crippen LogP) is 1.09. The van der Waals surface area contributed by atoms with Gasteiger partial charge in [-0.2, -0.15) is 9.97 Å². The van der Waals surface area contributed by atoms with Crippen LogP contribution in [0.1, 0.15) is 0 Å². The van der Waals surface area contributed by atoms with E-state index < -0.39 is 8.32 Å². The molecule has 0 aliphatic carbocycles. The molecule has 0 saturated carbocycles. The summed E-state index contributed by atoms with van der Waals surface area (Å²) in [6.07, 6.45) is 2.87. The summed E-state index contributed by atoms with van der Waals surface area (Å²) in [4.78, 5) is 11.4. The van der Waals surface area contributed by atoms with E-state index in [2.05, 4.69) is 34.6 Å². The Morgan fingerprint density at radius 1 is 1.18 bits per heavy atom. The van der Waals surface area contributed by atoms with Crippen molar-refractivity contribution in [1.29, 1.82) is 0 Å². The van der Waals surface area contributed by atoms with E-state index in [0.29, 0.717) is 6.01 Å². The summed E-state index contributed by atoms with van der Waals surface area (Å²) in [5, 5.41) is 0. The van der Waals surface area contributed by atoms with Crippen molar-refractivity contribution in [3.63, 3.8) is 0 Å². The Bertz CT molecular complexity index is 221. The maximum Gasteiger partial charge on any atom is 0.305 e. The summed E-state index contributed by atoms with van der Waals surface area (Å²) in [6.45, 7) is 6.24. The van der Waals surface area contributed by atoms with Gasteiger partial charge in [0.1, 0.15) is 12.7 Å². The molecule has 0 aromatic carbocycles. The van der Waals surface area contributed by atoms with Gasteiger partial charge in [0, 0.05) is 0 Å². The zero-order valence-corrected chi connectivity index (χ0v) is 7.90. The normalized spacial score (nSPS) is 11.2. The first-order valence-electron chi connectivity index (χ1n) is 3.39. The lowest BCUT2D eigenvalue weighted by Gasteiger charge is -2.15. The second kappa shape index (κ2) is 2.96. The van der Waals surface area contributed by atoms with Gasteiger partial charge >= 0.3 is 6.01 Å². The Morgan fingerprint density at radius 2 is 1.73 bits per heavy atom. The highest BCUT2D eigenvalue weighted by molar-refractivity contribution is 6.70. The number of aromatic nitrogens is 3. The van der Waals surface area contributed by atoms with Crippen LogP contribution in [-0.2, 0) is 0 Å². The minimum Gasteiger partial charge on any atom is -0.518 e. The van der Waals surface area contributed by atoms with E-state index in [9.17, 15) is 0 Å². The third-order valence-electron chi connectivity index (χ3n) is 0.867. The van der Waals surface area contributed by atoms with E-state index in [4.69, 9.17) is 4.43 Å². The van der Waals surface area contributed by atoms with Crippen molar-refractivity contribution in [2.24, 2.45) is 0 Å². The van der Waals surface area contributed by atoms with Crippen LogP contribution in [0.2, 0.25) is 19.6 Å². The number of hydrogen-bond acceptors (Lipinski definition) is 4. The highest BCUT2D eigenvalue weighted by atomic mass is 28.4. The average molecular weight is 169 g/mol. The van der Waals surface area contributed by atoms with Gasteiger partial charge in [-0.1, -0.05) is 0 Å². The number of rotatable bonds is 2. The summed E-state index contributed by atoms with van der Waals surface area (Å²) in [5.41, 5.74) is 0. The lowest BCUT2D eigenvalue weighted by atomic mass is 11.0. The van der Waals surface area contributed by atoms with E-state index in [1.807, 2.05) is 0 Å². The van der Waals surface area contributed by atoms with Gasteiger partial charge in [-0.3, -0.25) is 0 Å². The minimum absolute atomic E-state index is 0.430. The third kappa shape index (κ3) is 3.08. The van der Waals surface area contributed by atoms with Crippen LogP contribution >= 0.6 is 0 Å². The molecule has 0 bridgehead atoms. The zero-order chi connectivity index (χ0) is 8.32. The van der Waals surface area contributed by atoms with Crippen molar-refractivity contribution in [2.75, 3.05) is 0 Å². The Labute approximate surface area is 66.8 Å². The minimum atomic E-state index is -1.55. The van der Waals surface area contributed by atoms with Gasteiger partial charge in [-0.15, -0.1) is 0 Å². The van der Waals surface area contributed by atoms with Crippen LogP contribution in [0.15, 0.2) is 12.7 Å². The highest BCUT2D eigenvalue weighted by Crippen LogP contribution is 2.06. The van der Waals surface area contributed by atoms with Crippen molar-refractivity contribution < 1.29 is 4.43 Å². The van der Waals surface area contributed by atoms with Gasteiger partial charge in [0.2, 0.25) is 8.32 Å². The van der Waals surface area contributed by atoms with Crippen LogP contribution in [-0.4, -0.2) is 23.3 Å². The molecule has 4 nitrogen and oxygen atoms in total. The van der Waals surface area contributed by atoms with Crippen LogP contribution in [0.25, 0.3) is 0 Å². The van der Waals surface area contributed by atoms with Crippen LogP contribution in [0.3, 0.4) is 0 Å². The van der Waals surface area contributed by atoms with Crippen molar-refractivity contribution in [3.05, 3.63) is 12.7 Å². The summed E-state index contributed by atoms with van der Waals surface area (Å²) in [6, 6.07) is 0.430. The molecule has 5 heteroatoms. The quantitative estimate of drug-likeness (QED) is 0.622. The molecule has 0 spiro atoms. The molecule has 0 N–H and O–H groups in total. The molecule has 1 heterocycles. The van der Waals surface area contributed by atoms with Crippen LogP contribution < -0.4 is 4.43 Å². The molecule has 0 unspecified atom stereocenters. The first-order valence-corrected chi connectivity index (χ1v) is 6.80. The maximum absolute atomic E-state index is 5.48. The predicted molar refractivity (Wildman–Crippen MR) is 43.8 cm³/mol. The van der Waals surface area contributed by atoms with Gasteiger partial charge in [0.25, 0.3) is 0 Å². The van der Waals surface area contributed by atoms with Gasteiger partial charge in [0.15, 0.2) is 0 Å². The molecule has 0 fully saturated rings. The van der Waals surface area contributed by atoms with Gasteiger partial charge in [-0.05, 0) is 19.6 Å². The standard InChI is InChI=1S/C6H11N3OSi/c1-11(2,3)10-6-8-4-7-5-9-6/h4-5H,1-3H3. The molecule has 1 aromatic rings. The lowest BCUT2D eigenvalue weighted by Crippen LogP contribution is -2.30. The van der Waals surface area contributed by atoms with E-state index >= 15 is 0 Å². The van der Waals surface area contributed by atoms with Crippen molar-refractivity contribution in [1.82, 2.24) is 15.0 Å². The fraction of sp³-hybridized carbons (Fsp3) is 0.500. The van der Waals surface area contributed by atoms with Crippen LogP contribution in [0.5, 0.6) is 6.01 Å². The second-order valence-electron chi connectivity index (χ2n) is 3.14. The van der Waals surface area contributed by atoms with E-state index in [1.54, 1.807) is 0 Å². The van der Waals surface area contributed by atoms with E-state index in [0.717, 1.165) is 0 Å². The second-order valence-corrected chi connectivity index (χ2v) is 7.56. The van der Waals surface area contributed by atoms with Crippen LogP contribution in [0.4, 0.5) is 0 Å². The molecule has 0 atom stereocenters. The molecule has 0 aliphatic rings. The molecule has 0 saturated heterocycles. The average Bonchev–Trinajstić information content (AvgIpc) is 1.85. The summed E-state index contributed by atoms with van der Waals surface area (Å²) < 4.78 is 5.48. The van der Waals surface area contributed by atoms with Gasteiger partial charge < -0.3 is 4.43 Å². The fourth-order valence-electron chi connectivity index (χ4n) is 0.555. The van der Waals surface area contributed by atoms with Gasteiger partial charge in [-0.25, -0.2) is 4.98 Å². The first kappa shape index (κ1) is 8.13. The summed E-state index contributed by atoms with van der Waals surface area (Å²) >= 11 is 0. The van der Waals surface area contributed by atoms with E-state index in [-0.39, 0.29) is 0 Å². The molecule has 0 amide bonds. The summed E-state index contributed by atoms with van der Waals surface area (Å²) in [5.74, 6) is 0. The summed E-state index contributed by atoms with van der Waals surface area (Å²) in [7, 11) is -1.55. The molecule has 11 heavy (non-hydrogen) atoms. The number of nitrogens with zero attached hydrogens (tertiary/aromatic N) is 3. The Hall–Kier alpha value is -0.973. The molecule has 1 rings (SSSR count). The molecular formula is C6H11N3OSi. The third-order valence-corrected chi connectivity index (χ3v) is 1.66. The Kier molecular flexibility index (Phi) is 2.18. The largest absolute Gasteiger partial charge is 0.518 e. The zero-order valence-electron chi connectivity index (χ0n) is 6.90. The Balaban J connectivity index is 2.66. The topological polar surface area (TPSA) is 47.9 Å². The molecule has 0 aliphatic heterocycles. The van der Waals surface area contributed by atoms with Crippen molar-refractivity contribution in [3.8, 4) is 6.01 Å². The van der Waals surface area contributed by atoms with Gasteiger partial charge in [0.05, 0.1) is 0 Å². The molecule has 0 radical (unpaired) electrons. The maximum atomic E-state index is 5.48. The van der Waals surface area contributed by atoms with E-state index in [1.165, 1.54) is 12.7 Å². The van der Waals surface area contributed by atoms with Crippen molar-refractivity contribution in [2.45, 2.75) is 19.6 Å². The smallest absolute Gasteiger partial charge is 0.305 e. The molecule has 60 valence electrons. The monoisotopic (exact) mass is 169 g/mol. The first-order chi connectivity index (χ1) is 5.08. The highest BCUT2D eigenvalue weighted by Gasteiger charge is 2.17. The van der Waals surface area contributed by atoms with Crippen molar-refractivity contribution >= 4 is 8.32 Å². The lowest BCUT2D eigenvalue weighted by molar-refractivity contribution is 0.505. The molecule has 1 aromatic heterocycles. The Morgan fingerprint density at radius 3 is 2.18 bits per heavy atom. The fourth-order valence-corrected chi connectivity index (χ4v) is 1.21. The SMILES string of the molecule is C[Si](C)(C)Oc1ncncn1.